The molecule has 1 fully saturated rings. The summed E-state index contributed by atoms with van der Waals surface area (Å²) >= 11 is 0. The van der Waals surface area contributed by atoms with Gasteiger partial charge in [0.25, 0.3) is 0 Å². The number of aryl methyl sites for hydroxylation is 1. The van der Waals surface area contributed by atoms with Gasteiger partial charge in [-0.3, -0.25) is 9.36 Å². The van der Waals surface area contributed by atoms with Gasteiger partial charge in [0.1, 0.15) is 11.6 Å². The van der Waals surface area contributed by atoms with Crippen LogP contribution in [0.1, 0.15) is 12.0 Å². The van der Waals surface area contributed by atoms with E-state index in [0.717, 1.165) is 16.7 Å². The molecule has 0 saturated carbocycles. The molecule has 0 aliphatic carbocycles. The number of nitrogens with one attached hydrogen (secondary N) is 1. The van der Waals surface area contributed by atoms with Gasteiger partial charge < -0.3 is 15.5 Å². The number of rotatable bonds is 5. The molecule has 2 unspecified atom stereocenters. The van der Waals surface area contributed by atoms with E-state index in [1.807, 2.05) is 42.5 Å². The third-order valence-corrected chi connectivity index (χ3v) is 7.55. The predicted molar refractivity (Wildman–Crippen MR) is 118 cm³/mol. The van der Waals surface area contributed by atoms with Crippen molar-refractivity contribution >= 4 is 26.8 Å². The molecule has 0 radical (unpaired) electrons. The average Bonchev–Trinajstić information content (AvgIpc) is 3.22. The molecule has 1 saturated heterocycles. The van der Waals surface area contributed by atoms with Crippen LogP contribution >= 0.6 is 0 Å². The summed E-state index contributed by atoms with van der Waals surface area (Å²) in [6, 6.07) is 14.1. The van der Waals surface area contributed by atoms with E-state index in [9.17, 15) is 23.3 Å². The van der Waals surface area contributed by atoms with Gasteiger partial charge in [0.05, 0.1) is 23.1 Å². The van der Waals surface area contributed by atoms with E-state index in [4.69, 9.17) is 10.2 Å². The van der Waals surface area contributed by atoms with Gasteiger partial charge in [-0.05, 0) is 35.2 Å². The van der Waals surface area contributed by atoms with Gasteiger partial charge in [0.15, 0.2) is 15.4 Å². The molecule has 1 aliphatic heterocycles. The predicted octanol–water partition coefficient (Wildman–Crippen LogP) is 0.865. The van der Waals surface area contributed by atoms with E-state index in [-0.39, 0.29) is 18.6 Å². The highest BCUT2D eigenvalue weighted by Gasteiger charge is 2.45. The summed E-state index contributed by atoms with van der Waals surface area (Å²) in [5.74, 6) is -1.59. The highest BCUT2D eigenvalue weighted by molar-refractivity contribution is 7.91. The molecule has 9 nitrogen and oxygen atoms in total. The number of benzene rings is 2. The summed E-state index contributed by atoms with van der Waals surface area (Å²) in [6.07, 6.45) is 0.293. The largest absolute Gasteiger partial charge is 0.419 e. The fourth-order valence-electron chi connectivity index (χ4n) is 3.86. The van der Waals surface area contributed by atoms with E-state index < -0.39 is 38.8 Å². The van der Waals surface area contributed by atoms with Gasteiger partial charge >= 0.3 is 5.76 Å². The molecular weight excluding hydrogens is 432 g/mol. The van der Waals surface area contributed by atoms with Crippen molar-refractivity contribution < 1.29 is 17.6 Å². The maximum Gasteiger partial charge on any atom is 0.419 e. The Kier molecular flexibility index (Phi) is 5.40. The smallest absolute Gasteiger partial charge is 0.408 e. The Bertz CT molecular complexity index is 1400. The lowest BCUT2D eigenvalue weighted by molar-refractivity contribution is -0.125. The zero-order valence-corrected chi connectivity index (χ0v) is 18.2. The molecular formula is C22H22N4O5S. The van der Waals surface area contributed by atoms with E-state index >= 15 is 0 Å². The fourth-order valence-corrected chi connectivity index (χ4v) is 5.74. The molecule has 0 spiro atoms. The minimum atomic E-state index is -3.34. The van der Waals surface area contributed by atoms with Crippen LogP contribution in [0, 0.1) is 11.3 Å². The van der Waals surface area contributed by atoms with Gasteiger partial charge in [-0.2, -0.15) is 5.26 Å². The molecule has 0 bridgehead atoms. The molecule has 4 rings (SSSR count). The highest BCUT2D eigenvalue weighted by Crippen LogP contribution is 2.25. The molecule has 1 amide bonds. The molecule has 166 valence electrons. The van der Waals surface area contributed by atoms with Crippen LogP contribution in [0.25, 0.3) is 22.2 Å². The van der Waals surface area contributed by atoms with Gasteiger partial charge in [-0.25, -0.2) is 13.2 Å². The average molecular weight is 455 g/mol. The second-order valence-electron chi connectivity index (χ2n) is 8.16. The number of aromatic nitrogens is 1. The van der Waals surface area contributed by atoms with Crippen molar-refractivity contribution in [3.05, 3.63) is 58.6 Å². The van der Waals surface area contributed by atoms with E-state index in [0.29, 0.717) is 11.1 Å². The first-order valence-electron chi connectivity index (χ1n) is 9.99. The Balaban J connectivity index is 1.47. The number of fused-ring (bicyclic) bond motifs is 1. The highest BCUT2D eigenvalue weighted by atomic mass is 32.2. The van der Waals surface area contributed by atoms with Gasteiger partial charge in [-0.15, -0.1) is 0 Å². The first kappa shape index (κ1) is 21.8. The lowest BCUT2D eigenvalue weighted by atomic mass is 9.97. The fraction of sp³-hybridized carbons (Fsp3) is 0.318. The normalized spacial score (nSPS) is 20.7. The molecule has 1 aromatic heterocycles. The second-order valence-corrected chi connectivity index (χ2v) is 10.3. The summed E-state index contributed by atoms with van der Waals surface area (Å²) in [7, 11) is -1.70. The van der Waals surface area contributed by atoms with Crippen molar-refractivity contribution in [3.63, 3.8) is 0 Å². The van der Waals surface area contributed by atoms with Crippen LogP contribution in [0.2, 0.25) is 0 Å². The van der Waals surface area contributed by atoms with Crippen LogP contribution < -0.4 is 16.8 Å². The van der Waals surface area contributed by atoms with E-state index in [2.05, 4.69) is 5.32 Å². The van der Waals surface area contributed by atoms with Crippen LogP contribution in [0.5, 0.6) is 0 Å². The number of carbonyl (C=O) groups excluding carboxylic acids is 1. The van der Waals surface area contributed by atoms with Gasteiger partial charge in [-0.1, -0.05) is 30.3 Å². The van der Waals surface area contributed by atoms with E-state index in [1.54, 1.807) is 13.1 Å². The first-order valence-corrected chi connectivity index (χ1v) is 11.8. The Morgan fingerprint density at radius 1 is 1.28 bits per heavy atom. The Morgan fingerprint density at radius 2 is 1.97 bits per heavy atom. The summed E-state index contributed by atoms with van der Waals surface area (Å²) in [6.45, 7) is 0. The standard InChI is InChI=1S/C22H22N4O5S/c1-26-18-11-16(6-7-19(18)31-21(26)28)15-4-2-14(3-5-15)10-17(12-23)25-20(27)22(24)8-9-32(29,30)13-22/h2-7,11,17H,8-10,13,24H2,1H3,(H,25,27). The van der Waals surface area contributed by atoms with Crippen molar-refractivity contribution in [2.75, 3.05) is 11.5 Å². The molecule has 32 heavy (non-hydrogen) atoms. The number of hydrogen-bond acceptors (Lipinski definition) is 7. The third kappa shape index (κ3) is 4.17. The quantitative estimate of drug-likeness (QED) is 0.581. The number of sulfone groups is 1. The summed E-state index contributed by atoms with van der Waals surface area (Å²) in [4.78, 5) is 24.2. The lowest BCUT2D eigenvalue weighted by Crippen LogP contribution is -2.57. The lowest BCUT2D eigenvalue weighted by Gasteiger charge is -2.23. The maximum absolute atomic E-state index is 12.5. The van der Waals surface area contributed by atoms with Gasteiger partial charge in [0, 0.05) is 13.5 Å². The van der Waals surface area contributed by atoms with Crippen molar-refractivity contribution in [1.82, 2.24) is 9.88 Å². The van der Waals surface area contributed by atoms with Crippen LogP contribution in [-0.4, -0.2) is 42.0 Å². The number of nitrogens with two attached hydrogens (primary N) is 1. The maximum atomic E-state index is 12.5. The number of carbonyl (C=O) groups is 1. The zero-order chi connectivity index (χ0) is 23.1. The monoisotopic (exact) mass is 454 g/mol. The number of nitriles is 1. The van der Waals surface area contributed by atoms with Crippen LogP contribution in [-0.2, 0) is 28.1 Å². The van der Waals surface area contributed by atoms with Crippen LogP contribution in [0.15, 0.2) is 51.7 Å². The summed E-state index contributed by atoms with van der Waals surface area (Å²) < 4.78 is 30.0. The molecule has 3 N–H and O–H groups in total. The molecule has 2 atom stereocenters. The number of oxazole rings is 1. The summed E-state index contributed by atoms with van der Waals surface area (Å²) in [5, 5.41) is 12.0. The van der Waals surface area contributed by atoms with Crippen molar-refractivity contribution in [1.29, 1.82) is 5.26 Å². The Morgan fingerprint density at radius 3 is 2.59 bits per heavy atom. The van der Waals surface area contributed by atoms with Crippen molar-refractivity contribution in [3.8, 4) is 17.2 Å². The molecule has 1 aliphatic rings. The molecule has 10 heteroatoms. The summed E-state index contributed by atoms with van der Waals surface area (Å²) in [5.41, 5.74) is 8.32. The number of nitrogens with zero attached hydrogens (tertiary/aromatic N) is 2. The van der Waals surface area contributed by atoms with Crippen molar-refractivity contribution in [2.45, 2.75) is 24.4 Å². The van der Waals surface area contributed by atoms with Crippen LogP contribution in [0.3, 0.4) is 0 Å². The molecule has 2 heterocycles. The molecule has 3 aromatic rings. The van der Waals surface area contributed by atoms with Gasteiger partial charge in [0.2, 0.25) is 5.91 Å². The number of hydrogen-bond donors (Lipinski definition) is 2. The Labute approximate surface area is 184 Å². The second kappa shape index (κ2) is 7.93. The third-order valence-electron chi connectivity index (χ3n) is 5.77. The minimum absolute atomic E-state index is 0.0423. The van der Waals surface area contributed by atoms with Crippen molar-refractivity contribution in [2.24, 2.45) is 12.8 Å². The SMILES string of the molecule is Cn1c(=O)oc2ccc(-c3ccc(CC(C#N)NC(=O)C4(N)CCS(=O)(=O)C4)cc3)cc21. The number of amides is 1. The first-order chi connectivity index (χ1) is 15.1. The topological polar surface area (TPSA) is 148 Å². The zero-order valence-electron chi connectivity index (χ0n) is 17.4. The van der Waals surface area contributed by atoms with E-state index in [1.165, 1.54) is 4.57 Å². The van der Waals surface area contributed by atoms with Crippen LogP contribution in [0.4, 0.5) is 0 Å². The Hall–Kier alpha value is -3.42. The molecule has 2 aromatic carbocycles. The minimum Gasteiger partial charge on any atom is -0.408 e.